The number of hydrogen-bond donors (Lipinski definition) is 2. The molecule has 0 bridgehead atoms. The smallest absolute Gasteiger partial charge is 0.475 e. The fourth-order valence-corrected chi connectivity index (χ4v) is 3.48. The Balaban J connectivity index is 0.000000349. The van der Waals surface area contributed by atoms with E-state index in [1.165, 1.54) is 11.1 Å². The van der Waals surface area contributed by atoms with Crippen LogP contribution in [-0.4, -0.2) is 105 Å². The molecule has 0 amide bonds. The number of rotatable bonds is 5. The van der Waals surface area contributed by atoms with E-state index in [9.17, 15) is 26.3 Å². The number of aliphatic carboxylic acids is 2. The minimum atomic E-state index is -5.08. The van der Waals surface area contributed by atoms with Crippen LogP contribution in [0.2, 0.25) is 0 Å². The molecule has 1 aromatic carbocycles. The molecule has 0 aliphatic carbocycles. The number of nitrogens with zero attached hydrogens (tertiary/aromatic N) is 6. The molecule has 1 saturated heterocycles. The quantitative estimate of drug-likeness (QED) is 0.423. The third-order valence-corrected chi connectivity index (χ3v) is 5.80. The molecule has 3 aromatic rings. The molecule has 0 radical (unpaired) electrons. The Morgan fingerprint density at radius 2 is 1.46 bits per heavy atom. The zero-order valence-corrected chi connectivity index (χ0v) is 22.2. The molecule has 17 heteroatoms. The van der Waals surface area contributed by atoms with Crippen molar-refractivity contribution in [3.05, 3.63) is 41.9 Å². The summed E-state index contributed by atoms with van der Waals surface area (Å²) in [6, 6.07) is 6.26. The molecule has 1 aliphatic rings. The van der Waals surface area contributed by atoms with Crippen molar-refractivity contribution in [2.75, 3.05) is 51.3 Å². The van der Waals surface area contributed by atoms with E-state index in [-0.39, 0.29) is 0 Å². The van der Waals surface area contributed by atoms with Gasteiger partial charge in [0, 0.05) is 46.0 Å². The van der Waals surface area contributed by atoms with Crippen molar-refractivity contribution in [2.45, 2.75) is 26.2 Å². The summed E-state index contributed by atoms with van der Waals surface area (Å²) in [5, 5.41) is 14.2. The lowest BCUT2D eigenvalue weighted by Gasteiger charge is -2.35. The number of fused-ring (bicyclic) bond motifs is 1. The molecule has 0 saturated carbocycles. The van der Waals surface area contributed by atoms with Gasteiger partial charge < -0.3 is 19.8 Å². The first-order chi connectivity index (χ1) is 19.0. The van der Waals surface area contributed by atoms with Gasteiger partial charge in [0.1, 0.15) is 12.1 Å². The molecule has 0 atom stereocenters. The van der Waals surface area contributed by atoms with Crippen molar-refractivity contribution in [2.24, 2.45) is 0 Å². The number of carbonyl (C=O) groups is 2. The number of methoxy groups -OCH3 is 1. The minimum absolute atomic E-state index is 0.667. The van der Waals surface area contributed by atoms with Crippen molar-refractivity contribution in [3.8, 4) is 5.95 Å². The molecule has 1 fully saturated rings. The van der Waals surface area contributed by atoms with Crippen LogP contribution in [0.5, 0.6) is 0 Å². The third kappa shape index (κ3) is 9.86. The Labute approximate surface area is 230 Å². The van der Waals surface area contributed by atoms with Gasteiger partial charge >= 0.3 is 24.3 Å². The number of ether oxygens (including phenoxy) is 1. The highest BCUT2D eigenvalue weighted by Gasteiger charge is 2.38. The first-order valence-corrected chi connectivity index (χ1v) is 11.9. The lowest BCUT2D eigenvalue weighted by molar-refractivity contribution is -0.193. The Morgan fingerprint density at radius 3 is 1.98 bits per heavy atom. The van der Waals surface area contributed by atoms with Crippen LogP contribution >= 0.6 is 0 Å². The third-order valence-electron chi connectivity index (χ3n) is 5.80. The van der Waals surface area contributed by atoms with E-state index in [0.29, 0.717) is 5.95 Å². The van der Waals surface area contributed by atoms with E-state index in [1.807, 2.05) is 23.2 Å². The Hall–Kier alpha value is -3.99. The second-order valence-corrected chi connectivity index (χ2v) is 8.68. The number of carboxylic acids is 2. The molecule has 2 aromatic heterocycles. The fourth-order valence-electron chi connectivity index (χ4n) is 3.48. The summed E-state index contributed by atoms with van der Waals surface area (Å²) in [5.41, 5.74) is 4.50. The van der Waals surface area contributed by atoms with Crippen molar-refractivity contribution in [1.29, 1.82) is 0 Å². The van der Waals surface area contributed by atoms with Crippen molar-refractivity contribution in [1.82, 2.24) is 24.4 Å². The number of aryl methyl sites for hydroxylation is 2. The Morgan fingerprint density at radius 1 is 0.927 bits per heavy atom. The molecular weight excluding hydrogens is 566 g/mol. The first kappa shape index (κ1) is 33.2. The SMILES string of the molecule is COCCN1CCN(c2ccnc(-n3cnc4cc(C)c(C)cc43)n2)CC1.O=C(O)C(F)(F)F.O=C(O)C(F)(F)F. The summed E-state index contributed by atoms with van der Waals surface area (Å²) in [6.07, 6.45) is -6.52. The highest BCUT2D eigenvalue weighted by Crippen LogP contribution is 2.22. The van der Waals surface area contributed by atoms with Gasteiger partial charge in [-0.3, -0.25) is 9.47 Å². The van der Waals surface area contributed by atoms with Crippen LogP contribution in [0.25, 0.3) is 17.0 Å². The van der Waals surface area contributed by atoms with Crippen LogP contribution in [0.4, 0.5) is 32.2 Å². The largest absolute Gasteiger partial charge is 0.490 e. The summed E-state index contributed by atoms with van der Waals surface area (Å²) in [6.45, 7) is 9.96. The predicted octanol–water partition coefficient (Wildman–Crippen LogP) is 3.47. The topological polar surface area (TPSA) is 134 Å². The molecule has 226 valence electrons. The van der Waals surface area contributed by atoms with E-state index in [1.54, 1.807) is 7.11 Å². The lowest BCUT2D eigenvalue weighted by Crippen LogP contribution is -2.47. The second kappa shape index (κ2) is 14.1. The molecule has 2 N–H and O–H groups in total. The predicted molar refractivity (Wildman–Crippen MR) is 134 cm³/mol. The normalized spacial score (nSPS) is 14.1. The number of piperazine rings is 1. The van der Waals surface area contributed by atoms with E-state index < -0.39 is 24.3 Å². The van der Waals surface area contributed by atoms with E-state index in [4.69, 9.17) is 29.5 Å². The number of halogens is 6. The molecule has 1 aliphatic heterocycles. The number of alkyl halides is 6. The van der Waals surface area contributed by atoms with Crippen LogP contribution in [0.15, 0.2) is 30.7 Å². The standard InChI is InChI=1S/C20H26N6O.2C2HF3O2/c1-15-12-17-18(13-16(15)2)26(14-22-17)20-21-5-4-19(23-20)25-8-6-24(7-9-25)10-11-27-3;2*3-2(4,5)1(6)7/h4-5,12-14H,6-11H2,1-3H3;2*(H,6,7). The summed E-state index contributed by atoms with van der Waals surface area (Å²) in [7, 11) is 1.75. The number of hydrogen-bond acceptors (Lipinski definition) is 8. The maximum atomic E-state index is 10.6. The maximum absolute atomic E-state index is 10.6. The summed E-state index contributed by atoms with van der Waals surface area (Å²) < 4.78 is 70.6. The van der Waals surface area contributed by atoms with Crippen molar-refractivity contribution in [3.63, 3.8) is 0 Å². The van der Waals surface area contributed by atoms with Gasteiger partial charge in [-0.05, 0) is 43.2 Å². The van der Waals surface area contributed by atoms with Gasteiger partial charge in [-0.1, -0.05) is 0 Å². The Bertz CT molecular complexity index is 1300. The van der Waals surface area contributed by atoms with Crippen LogP contribution in [0, 0.1) is 13.8 Å². The molecule has 3 heterocycles. The van der Waals surface area contributed by atoms with E-state index in [2.05, 4.69) is 45.7 Å². The highest BCUT2D eigenvalue weighted by molar-refractivity contribution is 5.78. The van der Waals surface area contributed by atoms with Crippen LogP contribution in [-0.2, 0) is 14.3 Å². The molecule has 4 rings (SSSR count). The van der Waals surface area contributed by atoms with Crippen molar-refractivity contribution >= 4 is 28.8 Å². The van der Waals surface area contributed by atoms with Crippen molar-refractivity contribution < 1.29 is 50.9 Å². The summed E-state index contributed by atoms with van der Waals surface area (Å²) >= 11 is 0. The van der Waals surface area contributed by atoms with Gasteiger partial charge in [-0.25, -0.2) is 19.6 Å². The number of aromatic nitrogens is 4. The van der Waals surface area contributed by atoms with Gasteiger partial charge in [0.2, 0.25) is 5.95 Å². The average molecular weight is 595 g/mol. The van der Waals surface area contributed by atoms with Crippen LogP contribution in [0.1, 0.15) is 11.1 Å². The monoisotopic (exact) mass is 594 g/mol. The lowest BCUT2D eigenvalue weighted by atomic mass is 10.1. The van der Waals surface area contributed by atoms with Gasteiger partial charge in [-0.15, -0.1) is 0 Å². The zero-order valence-electron chi connectivity index (χ0n) is 22.2. The molecule has 0 spiro atoms. The van der Waals surface area contributed by atoms with E-state index >= 15 is 0 Å². The fraction of sp³-hybridized carbons (Fsp3) is 0.458. The van der Waals surface area contributed by atoms with Crippen LogP contribution < -0.4 is 4.90 Å². The number of imidazole rings is 1. The summed E-state index contributed by atoms with van der Waals surface area (Å²) in [5.74, 6) is -3.88. The number of anilines is 1. The zero-order chi connectivity index (χ0) is 31.0. The highest BCUT2D eigenvalue weighted by atomic mass is 19.4. The molecule has 41 heavy (non-hydrogen) atoms. The van der Waals surface area contributed by atoms with Gasteiger partial charge in [-0.2, -0.15) is 31.3 Å². The molecule has 0 unspecified atom stereocenters. The van der Waals surface area contributed by atoms with Crippen LogP contribution in [0.3, 0.4) is 0 Å². The van der Waals surface area contributed by atoms with Gasteiger partial charge in [0.25, 0.3) is 0 Å². The second-order valence-electron chi connectivity index (χ2n) is 8.68. The number of benzene rings is 1. The minimum Gasteiger partial charge on any atom is -0.475 e. The molecular formula is C24H28F6N6O5. The average Bonchev–Trinajstić information content (AvgIpc) is 3.30. The van der Waals surface area contributed by atoms with Gasteiger partial charge in [0.05, 0.1) is 17.6 Å². The van der Waals surface area contributed by atoms with Gasteiger partial charge in [0.15, 0.2) is 0 Å². The first-order valence-electron chi connectivity index (χ1n) is 11.9. The summed E-state index contributed by atoms with van der Waals surface area (Å²) in [4.78, 5) is 36.4. The Kier molecular flexibility index (Phi) is 11.4. The maximum Gasteiger partial charge on any atom is 0.490 e. The van der Waals surface area contributed by atoms with E-state index in [0.717, 1.165) is 56.2 Å². The molecule has 11 nitrogen and oxygen atoms in total. The number of carboxylic acid groups (broad SMARTS) is 2.